The topological polar surface area (TPSA) is 93.8 Å². The Kier molecular flexibility index (Phi) is 5.72. The maximum absolute atomic E-state index is 12.5. The van der Waals surface area contributed by atoms with E-state index in [0.29, 0.717) is 37.2 Å². The van der Waals surface area contributed by atoms with Crippen molar-refractivity contribution in [2.24, 2.45) is 0 Å². The molecule has 3 heterocycles. The molecule has 9 nitrogen and oxygen atoms in total. The summed E-state index contributed by atoms with van der Waals surface area (Å²) in [6, 6.07) is 7.86. The molecule has 0 aliphatic carbocycles. The van der Waals surface area contributed by atoms with Crippen LogP contribution in [0.4, 0.5) is 0 Å². The molecule has 0 spiro atoms. The molecule has 29 heavy (non-hydrogen) atoms. The zero-order valence-electron chi connectivity index (χ0n) is 16.5. The second kappa shape index (κ2) is 8.42. The third kappa shape index (κ3) is 4.08. The number of hydrogen-bond acceptors (Lipinski definition) is 6. The van der Waals surface area contributed by atoms with E-state index < -0.39 is 0 Å². The number of aromatic nitrogens is 4. The number of imidazole rings is 1. The second-order valence-electron chi connectivity index (χ2n) is 7.20. The smallest absolute Gasteiger partial charge is 0.240 e. The van der Waals surface area contributed by atoms with Crippen LogP contribution in [0.15, 0.2) is 29.4 Å². The predicted molar refractivity (Wildman–Crippen MR) is 110 cm³/mol. The van der Waals surface area contributed by atoms with Crippen LogP contribution in [0.25, 0.3) is 16.8 Å². The first kappa shape index (κ1) is 19.7. The van der Waals surface area contributed by atoms with Gasteiger partial charge >= 0.3 is 0 Å². The van der Waals surface area contributed by atoms with Crippen molar-refractivity contribution in [2.45, 2.75) is 31.6 Å². The third-order valence-electron chi connectivity index (χ3n) is 4.71. The molecule has 1 aliphatic heterocycles. The van der Waals surface area contributed by atoms with E-state index in [-0.39, 0.29) is 30.2 Å². The fourth-order valence-electron chi connectivity index (χ4n) is 3.43. The fourth-order valence-corrected chi connectivity index (χ4v) is 4.27. The Balaban J connectivity index is 1.60. The van der Waals surface area contributed by atoms with E-state index in [4.69, 9.17) is 4.74 Å². The van der Waals surface area contributed by atoms with Gasteiger partial charge in [-0.25, -0.2) is 0 Å². The Morgan fingerprint density at radius 2 is 1.90 bits per heavy atom. The lowest BCUT2D eigenvalue weighted by atomic mass is 10.3. The van der Waals surface area contributed by atoms with Crippen molar-refractivity contribution in [3.8, 4) is 0 Å². The first-order valence-electron chi connectivity index (χ1n) is 9.64. The molecule has 2 aromatic heterocycles. The second-order valence-corrected chi connectivity index (χ2v) is 8.14. The number of thioether (sulfide) groups is 1. The monoisotopic (exact) mass is 416 g/mol. The summed E-state index contributed by atoms with van der Waals surface area (Å²) in [7, 11) is 0. The lowest BCUT2D eigenvalue weighted by molar-refractivity contribution is -0.132. The van der Waals surface area contributed by atoms with Gasteiger partial charge in [0.1, 0.15) is 6.54 Å². The van der Waals surface area contributed by atoms with Gasteiger partial charge in [-0.15, -0.1) is 10.2 Å². The quantitative estimate of drug-likeness (QED) is 0.606. The molecule has 154 valence electrons. The van der Waals surface area contributed by atoms with Crippen molar-refractivity contribution in [1.82, 2.24) is 29.4 Å². The number of carbonyl (C=O) groups is 2. The van der Waals surface area contributed by atoms with E-state index >= 15 is 0 Å². The molecule has 1 aliphatic rings. The number of hydrogen-bond donors (Lipinski definition) is 1. The number of amides is 2. The van der Waals surface area contributed by atoms with E-state index in [9.17, 15) is 9.59 Å². The highest BCUT2D eigenvalue weighted by Gasteiger charge is 2.21. The first-order chi connectivity index (χ1) is 14.0. The summed E-state index contributed by atoms with van der Waals surface area (Å²) < 4.78 is 9.07. The Morgan fingerprint density at radius 3 is 2.62 bits per heavy atom. The maximum Gasteiger partial charge on any atom is 0.240 e. The summed E-state index contributed by atoms with van der Waals surface area (Å²) >= 11 is 1.36. The Morgan fingerprint density at radius 1 is 1.17 bits per heavy atom. The van der Waals surface area contributed by atoms with E-state index in [1.54, 1.807) is 0 Å². The van der Waals surface area contributed by atoms with Gasteiger partial charge in [-0.3, -0.25) is 18.6 Å². The summed E-state index contributed by atoms with van der Waals surface area (Å²) in [5.41, 5.74) is 1.81. The number of nitrogens with zero attached hydrogens (tertiary/aromatic N) is 5. The predicted octanol–water partition coefficient (Wildman–Crippen LogP) is 1.16. The van der Waals surface area contributed by atoms with Crippen molar-refractivity contribution in [3.05, 3.63) is 24.3 Å². The molecular weight excluding hydrogens is 392 g/mol. The van der Waals surface area contributed by atoms with Crippen molar-refractivity contribution in [2.75, 3.05) is 32.1 Å². The largest absolute Gasteiger partial charge is 0.378 e. The van der Waals surface area contributed by atoms with Gasteiger partial charge < -0.3 is 15.0 Å². The Hall–Kier alpha value is -2.59. The van der Waals surface area contributed by atoms with Gasteiger partial charge in [0.2, 0.25) is 17.6 Å². The molecule has 0 saturated carbocycles. The summed E-state index contributed by atoms with van der Waals surface area (Å²) in [4.78, 5) is 26.6. The van der Waals surface area contributed by atoms with Crippen molar-refractivity contribution < 1.29 is 14.3 Å². The first-order valence-corrected chi connectivity index (χ1v) is 10.6. The highest BCUT2D eigenvalue weighted by molar-refractivity contribution is 7.99. The normalized spacial score (nSPS) is 14.8. The standard InChI is InChI=1S/C19H24N6O3S/c1-13(2)20-16(26)11-24-14-5-3-4-6-15(14)25-18(24)21-22-19(25)29-12-17(27)23-7-9-28-10-8-23/h3-6,13H,7-12H2,1-2H3,(H,20,26). The average Bonchev–Trinajstić information content (AvgIpc) is 3.26. The molecule has 2 amide bonds. The molecule has 1 N–H and O–H groups in total. The van der Waals surface area contributed by atoms with Gasteiger partial charge in [-0.1, -0.05) is 23.9 Å². The van der Waals surface area contributed by atoms with Crippen LogP contribution in [0.2, 0.25) is 0 Å². The number of nitrogens with one attached hydrogen (secondary N) is 1. The summed E-state index contributed by atoms with van der Waals surface area (Å²) in [5, 5.41) is 12.1. The zero-order chi connectivity index (χ0) is 20.4. The van der Waals surface area contributed by atoms with Crippen LogP contribution in [0.5, 0.6) is 0 Å². The minimum atomic E-state index is -0.0806. The SMILES string of the molecule is CC(C)NC(=O)Cn1c2ccccc2n2c(SCC(=O)N3CCOCC3)nnc12. The maximum atomic E-state index is 12.5. The molecule has 4 rings (SSSR count). The van der Waals surface area contributed by atoms with Crippen LogP contribution in [0.3, 0.4) is 0 Å². The van der Waals surface area contributed by atoms with Crippen molar-refractivity contribution in [1.29, 1.82) is 0 Å². The van der Waals surface area contributed by atoms with Crippen LogP contribution in [-0.2, 0) is 20.9 Å². The average molecular weight is 417 g/mol. The van der Waals surface area contributed by atoms with Crippen LogP contribution >= 0.6 is 11.8 Å². The van der Waals surface area contributed by atoms with Crippen LogP contribution in [-0.4, -0.2) is 74.0 Å². The Bertz CT molecular complexity index is 1040. The summed E-state index contributed by atoms with van der Waals surface area (Å²) in [5.74, 6) is 0.859. The lowest BCUT2D eigenvalue weighted by Crippen LogP contribution is -2.41. The van der Waals surface area contributed by atoms with Crippen molar-refractivity contribution >= 4 is 40.4 Å². The lowest BCUT2D eigenvalue weighted by Gasteiger charge is -2.26. The highest BCUT2D eigenvalue weighted by atomic mass is 32.2. The molecule has 3 aromatic rings. The zero-order valence-corrected chi connectivity index (χ0v) is 17.3. The molecule has 10 heteroatoms. The minimum absolute atomic E-state index is 0.0649. The number of carbonyl (C=O) groups excluding carboxylic acids is 2. The summed E-state index contributed by atoms with van der Waals surface area (Å²) in [6.45, 7) is 6.43. The molecule has 0 unspecified atom stereocenters. The number of fused-ring (bicyclic) bond motifs is 3. The number of para-hydroxylation sites is 2. The summed E-state index contributed by atoms with van der Waals surface area (Å²) in [6.07, 6.45) is 0. The Labute approximate surface area is 172 Å². The fraction of sp³-hybridized carbons (Fsp3) is 0.474. The van der Waals surface area contributed by atoms with Gasteiger partial charge in [0.15, 0.2) is 5.16 Å². The van der Waals surface area contributed by atoms with Crippen molar-refractivity contribution in [3.63, 3.8) is 0 Å². The molecule has 0 atom stereocenters. The van der Waals surface area contributed by atoms with Gasteiger partial charge in [0, 0.05) is 19.1 Å². The molecule has 1 saturated heterocycles. The van der Waals surface area contributed by atoms with Crippen LogP contribution in [0.1, 0.15) is 13.8 Å². The number of benzene rings is 1. The minimum Gasteiger partial charge on any atom is -0.378 e. The van der Waals surface area contributed by atoms with E-state index in [0.717, 1.165) is 11.0 Å². The molecule has 1 aromatic carbocycles. The van der Waals surface area contributed by atoms with Gasteiger partial charge in [-0.2, -0.15) is 0 Å². The van der Waals surface area contributed by atoms with Crippen LogP contribution in [0, 0.1) is 0 Å². The number of morpholine rings is 1. The molecule has 0 bridgehead atoms. The van der Waals surface area contributed by atoms with Crippen LogP contribution < -0.4 is 5.32 Å². The number of ether oxygens (including phenoxy) is 1. The van der Waals surface area contributed by atoms with Gasteiger partial charge in [0.05, 0.1) is 30.0 Å². The van der Waals surface area contributed by atoms with E-state index in [1.807, 2.05) is 52.0 Å². The van der Waals surface area contributed by atoms with Gasteiger partial charge in [-0.05, 0) is 26.0 Å². The molecular formula is C19H24N6O3S. The van der Waals surface area contributed by atoms with E-state index in [1.165, 1.54) is 11.8 Å². The molecule has 0 radical (unpaired) electrons. The third-order valence-corrected chi connectivity index (χ3v) is 5.62. The van der Waals surface area contributed by atoms with E-state index in [2.05, 4.69) is 15.5 Å². The highest BCUT2D eigenvalue weighted by Crippen LogP contribution is 2.26. The number of rotatable bonds is 6. The van der Waals surface area contributed by atoms with Gasteiger partial charge in [0.25, 0.3) is 0 Å². The molecule has 1 fully saturated rings.